The highest BCUT2D eigenvalue weighted by atomic mass is 16.5. The predicted molar refractivity (Wildman–Crippen MR) is 88.0 cm³/mol. The van der Waals surface area contributed by atoms with Crippen LogP contribution in [0, 0.1) is 5.92 Å². The van der Waals surface area contributed by atoms with Crippen molar-refractivity contribution in [3.63, 3.8) is 0 Å². The molecule has 1 aliphatic rings. The summed E-state index contributed by atoms with van der Waals surface area (Å²) in [5.74, 6) is 1.65. The van der Waals surface area contributed by atoms with Crippen LogP contribution in [0.3, 0.4) is 0 Å². The number of likely N-dealkylation sites (N-methyl/N-ethyl adjacent to an activating group) is 1. The van der Waals surface area contributed by atoms with E-state index in [-0.39, 0.29) is 5.91 Å². The van der Waals surface area contributed by atoms with Gasteiger partial charge in [-0.25, -0.2) is 0 Å². The molecule has 22 heavy (non-hydrogen) atoms. The van der Waals surface area contributed by atoms with E-state index >= 15 is 0 Å². The molecule has 1 aliphatic carbocycles. The molecule has 1 amide bonds. The van der Waals surface area contributed by atoms with Crippen LogP contribution in [-0.2, 0) is 11.3 Å². The predicted octanol–water partition coefficient (Wildman–Crippen LogP) is 1.40. The summed E-state index contributed by atoms with van der Waals surface area (Å²) in [5, 5.41) is 3.22. The van der Waals surface area contributed by atoms with Crippen LogP contribution in [-0.4, -0.2) is 32.7 Å². The maximum absolute atomic E-state index is 12.2. The highest BCUT2D eigenvalue weighted by Gasteiger charge is 2.23. The topological polar surface area (TPSA) is 42.8 Å². The van der Waals surface area contributed by atoms with E-state index in [9.17, 15) is 4.79 Å². The number of amides is 1. The molecular formula is C18H29N2O2+. The van der Waals surface area contributed by atoms with Crippen LogP contribution in [0.2, 0.25) is 0 Å². The third kappa shape index (κ3) is 5.02. The fraction of sp³-hybridized carbons (Fsp3) is 0.611. The van der Waals surface area contributed by atoms with Crippen molar-refractivity contribution in [3.05, 3.63) is 29.8 Å². The molecule has 1 aromatic carbocycles. The van der Waals surface area contributed by atoms with Crippen LogP contribution >= 0.6 is 0 Å². The quantitative estimate of drug-likeness (QED) is 0.834. The van der Waals surface area contributed by atoms with E-state index in [2.05, 4.69) is 31.4 Å². The summed E-state index contributed by atoms with van der Waals surface area (Å²) in [5.41, 5.74) is 1.22. The monoisotopic (exact) mass is 305 g/mol. The standard InChI is InChI=1S/C18H28N2O2/c1-14-6-4-5-7-17(14)19-18(21)13-20(2)12-15-8-10-16(22-3)11-9-15/h8-11,14,17H,4-7,12-13H2,1-3H3,(H,19,21)/p+1/t14-,17+/m0/s1. The van der Waals surface area contributed by atoms with Crippen LogP contribution in [0.4, 0.5) is 0 Å². The summed E-state index contributed by atoms with van der Waals surface area (Å²) in [4.78, 5) is 13.4. The van der Waals surface area contributed by atoms with E-state index in [1.165, 1.54) is 29.7 Å². The van der Waals surface area contributed by atoms with Gasteiger partial charge in [0.1, 0.15) is 12.3 Å². The van der Waals surface area contributed by atoms with E-state index in [1.54, 1.807) is 7.11 Å². The molecule has 0 heterocycles. The van der Waals surface area contributed by atoms with Gasteiger partial charge in [-0.3, -0.25) is 4.79 Å². The maximum atomic E-state index is 12.2. The second kappa shape index (κ2) is 8.18. The lowest BCUT2D eigenvalue weighted by Gasteiger charge is -2.29. The van der Waals surface area contributed by atoms with Crippen LogP contribution in [0.5, 0.6) is 5.75 Å². The number of ether oxygens (including phenoxy) is 1. The van der Waals surface area contributed by atoms with Gasteiger partial charge in [0.15, 0.2) is 6.54 Å². The molecule has 1 unspecified atom stereocenters. The summed E-state index contributed by atoms with van der Waals surface area (Å²) in [6.07, 6.45) is 4.91. The maximum Gasteiger partial charge on any atom is 0.275 e. The van der Waals surface area contributed by atoms with Gasteiger partial charge >= 0.3 is 0 Å². The number of methoxy groups -OCH3 is 1. The average molecular weight is 305 g/mol. The van der Waals surface area contributed by atoms with Crippen LogP contribution in [0.15, 0.2) is 24.3 Å². The Morgan fingerprint density at radius 1 is 1.27 bits per heavy atom. The summed E-state index contributed by atoms with van der Waals surface area (Å²) in [6.45, 7) is 3.62. The summed E-state index contributed by atoms with van der Waals surface area (Å²) >= 11 is 0. The molecule has 0 radical (unpaired) electrons. The Morgan fingerprint density at radius 2 is 1.95 bits per heavy atom. The molecule has 1 fully saturated rings. The second-order valence-electron chi connectivity index (χ2n) is 6.59. The first kappa shape index (κ1) is 16.8. The highest BCUT2D eigenvalue weighted by molar-refractivity contribution is 5.77. The third-order valence-electron chi connectivity index (χ3n) is 4.59. The SMILES string of the molecule is COc1ccc(C[NH+](C)CC(=O)N[C@@H]2CCCC[C@@H]2C)cc1. The van der Waals surface area contributed by atoms with E-state index < -0.39 is 0 Å². The third-order valence-corrected chi connectivity index (χ3v) is 4.59. The summed E-state index contributed by atoms with van der Waals surface area (Å²) in [7, 11) is 3.73. The van der Waals surface area contributed by atoms with Gasteiger partial charge in [-0.2, -0.15) is 0 Å². The summed E-state index contributed by atoms with van der Waals surface area (Å²) in [6, 6.07) is 8.42. The second-order valence-corrected chi connectivity index (χ2v) is 6.59. The van der Waals surface area contributed by atoms with E-state index in [0.717, 1.165) is 18.7 Å². The van der Waals surface area contributed by atoms with Crippen molar-refractivity contribution in [2.45, 2.75) is 45.2 Å². The van der Waals surface area contributed by atoms with Gasteiger partial charge in [0.05, 0.1) is 14.2 Å². The number of hydrogen-bond acceptors (Lipinski definition) is 2. The first-order valence-corrected chi connectivity index (χ1v) is 8.32. The molecule has 2 N–H and O–H groups in total. The molecule has 3 atom stereocenters. The minimum Gasteiger partial charge on any atom is -0.497 e. The molecule has 4 heteroatoms. The highest BCUT2D eigenvalue weighted by Crippen LogP contribution is 2.23. The van der Waals surface area contributed by atoms with Gasteiger partial charge in [-0.15, -0.1) is 0 Å². The lowest BCUT2D eigenvalue weighted by molar-refractivity contribution is -0.885. The number of quaternary nitrogens is 1. The minimum atomic E-state index is 0.171. The Balaban J connectivity index is 1.77. The molecule has 1 saturated carbocycles. The smallest absolute Gasteiger partial charge is 0.275 e. The number of carbonyl (C=O) groups is 1. The normalized spacial score (nSPS) is 22.9. The molecule has 0 saturated heterocycles. The van der Waals surface area contributed by atoms with Crippen molar-refractivity contribution in [1.82, 2.24) is 5.32 Å². The van der Waals surface area contributed by atoms with E-state index in [1.807, 2.05) is 12.1 Å². The molecule has 122 valence electrons. The van der Waals surface area contributed by atoms with Crippen molar-refractivity contribution in [2.24, 2.45) is 5.92 Å². The zero-order valence-electron chi connectivity index (χ0n) is 14.0. The lowest BCUT2D eigenvalue weighted by atomic mass is 9.86. The van der Waals surface area contributed by atoms with Gasteiger partial charge in [-0.1, -0.05) is 19.8 Å². The largest absolute Gasteiger partial charge is 0.497 e. The lowest BCUT2D eigenvalue weighted by Crippen LogP contribution is -3.09. The molecule has 0 spiro atoms. The molecular weight excluding hydrogens is 276 g/mol. The summed E-state index contributed by atoms with van der Waals surface area (Å²) < 4.78 is 5.16. The average Bonchev–Trinajstić information content (AvgIpc) is 2.50. The first-order valence-electron chi connectivity index (χ1n) is 8.32. The van der Waals surface area contributed by atoms with Crippen molar-refractivity contribution in [2.75, 3.05) is 20.7 Å². The number of hydrogen-bond donors (Lipinski definition) is 2. The van der Waals surface area contributed by atoms with E-state index in [0.29, 0.717) is 18.5 Å². The fourth-order valence-corrected chi connectivity index (χ4v) is 3.22. The number of carbonyl (C=O) groups excluding carboxylic acids is 1. The minimum absolute atomic E-state index is 0.171. The molecule has 1 aromatic rings. The van der Waals surface area contributed by atoms with Crippen LogP contribution in [0.25, 0.3) is 0 Å². The number of benzene rings is 1. The van der Waals surface area contributed by atoms with Gasteiger partial charge in [0.2, 0.25) is 0 Å². The molecule has 0 aliphatic heterocycles. The zero-order chi connectivity index (χ0) is 15.9. The Hall–Kier alpha value is -1.55. The van der Waals surface area contributed by atoms with Gasteiger partial charge in [0.25, 0.3) is 5.91 Å². The number of rotatable bonds is 6. The van der Waals surface area contributed by atoms with Gasteiger partial charge < -0.3 is 15.0 Å². The molecule has 0 bridgehead atoms. The molecule has 2 rings (SSSR count). The first-order chi connectivity index (χ1) is 10.6. The van der Waals surface area contributed by atoms with Crippen molar-refractivity contribution in [1.29, 1.82) is 0 Å². The van der Waals surface area contributed by atoms with Crippen LogP contribution in [0.1, 0.15) is 38.2 Å². The van der Waals surface area contributed by atoms with Crippen molar-refractivity contribution in [3.8, 4) is 5.75 Å². The van der Waals surface area contributed by atoms with Crippen molar-refractivity contribution < 1.29 is 14.4 Å². The van der Waals surface area contributed by atoms with Crippen LogP contribution < -0.4 is 15.0 Å². The zero-order valence-corrected chi connectivity index (χ0v) is 14.0. The number of nitrogens with one attached hydrogen (secondary N) is 2. The molecule has 0 aromatic heterocycles. The Labute approximate surface area is 133 Å². The Morgan fingerprint density at radius 3 is 2.59 bits per heavy atom. The van der Waals surface area contributed by atoms with E-state index in [4.69, 9.17) is 4.74 Å². The fourth-order valence-electron chi connectivity index (χ4n) is 3.22. The molecule has 4 nitrogen and oxygen atoms in total. The Bertz CT molecular complexity index is 472. The van der Waals surface area contributed by atoms with Gasteiger partial charge in [-0.05, 0) is 43.0 Å². The Kier molecular flexibility index (Phi) is 6.25. The van der Waals surface area contributed by atoms with Crippen molar-refractivity contribution >= 4 is 5.91 Å². The van der Waals surface area contributed by atoms with Gasteiger partial charge in [0, 0.05) is 11.6 Å².